The van der Waals surface area contributed by atoms with Gasteiger partial charge < -0.3 is 5.32 Å². The number of anilines is 1. The normalized spacial score (nSPS) is 10.3. The van der Waals surface area contributed by atoms with Crippen molar-refractivity contribution in [3.63, 3.8) is 0 Å². The summed E-state index contributed by atoms with van der Waals surface area (Å²) >= 11 is 5.72. The average molecular weight is 295 g/mol. The molecule has 0 aliphatic rings. The Balaban J connectivity index is 2.24. The van der Waals surface area contributed by atoms with Crippen LogP contribution in [0.15, 0.2) is 12.4 Å². The highest BCUT2D eigenvalue weighted by Crippen LogP contribution is 2.26. The largest absolute Gasteiger partial charge is 0.358 e. The Morgan fingerprint density at radius 1 is 1.30 bits per heavy atom. The first-order valence-electron chi connectivity index (χ1n) is 5.67. The van der Waals surface area contributed by atoms with E-state index in [-0.39, 0.29) is 29.0 Å². The quantitative estimate of drug-likeness (QED) is 0.522. The minimum absolute atomic E-state index is 0.0504. The molecule has 0 aromatic carbocycles. The fourth-order valence-electron chi connectivity index (χ4n) is 1.56. The first-order valence-corrected chi connectivity index (χ1v) is 6.05. The van der Waals surface area contributed by atoms with Gasteiger partial charge in [-0.2, -0.15) is 4.98 Å². The lowest BCUT2D eigenvalue weighted by molar-refractivity contribution is -0.385. The molecule has 0 saturated carbocycles. The number of nitrogens with zero attached hydrogens (tertiary/aromatic N) is 5. The van der Waals surface area contributed by atoms with Crippen LogP contribution >= 0.6 is 11.6 Å². The number of hydrogen-bond acceptors (Lipinski definition) is 7. The Hall–Kier alpha value is -2.35. The van der Waals surface area contributed by atoms with E-state index in [1.54, 1.807) is 12.4 Å². The summed E-state index contributed by atoms with van der Waals surface area (Å²) in [5.74, 6) is 0.0647. The Bertz CT molecular complexity index is 646. The van der Waals surface area contributed by atoms with Crippen LogP contribution in [-0.2, 0) is 6.54 Å². The van der Waals surface area contributed by atoms with Gasteiger partial charge in [-0.3, -0.25) is 20.1 Å². The maximum atomic E-state index is 11.0. The van der Waals surface area contributed by atoms with E-state index < -0.39 is 4.92 Å². The summed E-state index contributed by atoms with van der Waals surface area (Å²) in [7, 11) is 0. The second-order valence-corrected chi connectivity index (χ2v) is 4.37. The standard InChI is InChI=1S/C11H11ClN6O2/c1-6-3-14-8(4-13-6)5-15-10-9(18(19)20)7(2)16-11(12)17-10/h3-4H,5H2,1-2H3,(H,15,16,17). The zero-order chi connectivity index (χ0) is 14.7. The van der Waals surface area contributed by atoms with Crippen LogP contribution in [-0.4, -0.2) is 24.9 Å². The lowest BCUT2D eigenvalue weighted by Gasteiger charge is -2.07. The molecule has 104 valence electrons. The van der Waals surface area contributed by atoms with Crippen molar-refractivity contribution in [3.8, 4) is 0 Å². The van der Waals surface area contributed by atoms with Gasteiger partial charge >= 0.3 is 5.69 Å². The third-order valence-electron chi connectivity index (χ3n) is 2.48. The van der Waals surface area contributed by atoms with Crippen LogP contribution in [0.2, 0.25) is 5.28 Å². The first kappa shape index (κ1) is 14.1. The third-order valence-corrected chi connectivity index (χ3v) is 2.65. The number of nitrogens with one attached hydrogen (secondary N) is 1. The number of aromatic nitrogens is 4. The van der Waals surface area contributed by atoms with E-state index in [9.17, 15) is 10.1 Å². The van der Waals surface area contributed by atoms with Gasteiger partial charge in [0.2, 0.25) is 11.1 Å². The van der Waals surface area contributed by atoms with Crippen LogP contribution in [0.4, 0.5) is 11.5 Å². The molecule has 2 aromatic rings. The molecule has 0 fully saturated rings. The lowest BCUT2D eigenvalue weighted by atomic mass is 10.3. The van der Waals surface area contributed by atoms with Crippen LogP contribution in [0, 0.1) is 24.0 Å². The van der Waals surface area contributed by atoms with Gasteiger partial charge in [-0.05, 0) is 25.4 Å². The maximum absolute atomic E-state index is 11.0. The number of hydrogen-bond donors (Lipinski definition) is 1. The second kappa shape index (κ2) is 5.74. The molecule has 0 atom stereocenters. The van der Waals surface area contributed by atoms with Gasteiger partial charge in [0.05, 0.1) is 29.1 Å². The summed E-state index contributed by atoms with van der Waals surface area (Å²) in [5.41, 5.74) is 1.43. The van der Waals surface area contributed by atoms with Gasteiger partial charge in [0, 0.05) is 6.20 Å². The zero-order valence-corrected chi connectivity index (χ0v) is 11.5. The van der Waals surface area contributed by atoms with Crippen molar-refractivity contribution < 1.29 is 4.92 Å². The van der Waals surface area contributed by atoms with Gasteiger partial charge in [-0.15, -0.1) is 0 Å². The van der Waals surface area contributed by atoms with Crippen molar-refractivity contribution in [1.29, 1.82) is 0 Å². The Morgan fingerprint density at radius 2 is 2.05 bits per heavy atom. The van der Waals surface area contributed by atoms with Crippen molar-refractivity contribution in [3.05, 3.63) is 44.9 Å². The Kier molecular flexibility index (Phi) is 4.04. The van der Waals surface area contributed by atoms with Crippen molar-refractivity contribution in [2.45, 2.75) is 20.4 Å². The Labute approximate surface area is 119 Å². The minimum atomic E-state index is -0.547. The zero-order valence-electron chi connectivity index (χ0n) is 10.8. The molecular weight excluding hydrogens is 284 g/mol. The van der Waals surface area contributed by atoms with Gasteiger partial charge in [0.1, 0.15) is 5.69 Å². The van der Waals surface area contributed by atoms with E-state index in [2.05, 4.69) is 25.3 Å². The second-order valence-electron chi connectivity index (χ2n) is 4.04. The minimum Gasteiger partial charge on any atom is -0.358 e. The number of halogens is 1. The van der Waals surface area contributed by atoms with Gasteiger partial charge in [0.15, 0.2) is 0 Å². The molecule has 0 radical (unpaired) electrons. The molecule has 9 heteroatoms. The van der Waals surface area contributed by atoms with Crippen molar-refractivity contribution in [2.75, 3.05) is 5.32 Å². The molecule has 0 spiro atoms. The van der Waals surface area contributed by atoms with E-state index in [1.165, 1.54) is 6.92 Å². The van der Waals surface area contributed by atoms with E-state index in [0.717, 1.165) is 5.69 Å². The Morgan fingerprint density at radius 3 is 2.65 bits per heavy atom. The van der Waals surface area contributed by atoms with E-state index in [4.69, 9.17) is 11.6 Å². The van der Waals surface area contributed by atoms with Crippen LogP contribution in [0.1, 0.15) is 17.1 Å². The molecular formula is C11H11ClN6O2. The van der Waals surface area contributed by atoms with E-state index in [0.29, 0.717) is 5.69 Å². The predicted octanol–water partition coefficient (Wildman–Crippen LogP) is 2.06. The molecule has 0 unspecified atom stereocenters. The van der Waals surface area contributed by atoms with Gasteiger partial charge in [0.25, 0.3) is 0 Å². The summed E-state index contributed by atoms with van der Waals surface area (Å²) in [5, 5.41) is 13.8. The number of rotatable bonds is 4. The summed E-state index contributed by atoms with van der Waals surface area (Å²) in [6.45, 7) is 3.58. The van der Waals surface area contributed by atoms with E-state index >= 15 is 0 Å². The van der Waals surface area contributed by atoms with Crippen LogP contribution in [0.5, 0.6) is 0 Å². The molecule has 8 nitrogen and oxygen atoms in total. The number of nitro groups is 1. The van der Waals surface area contributed by atoms with Crippen molar-refractivity contribution >= 4 is 23.1 Å². The first-order chi connectivity index (χ1) is 9.47. The molecule has 0 bridgehead atoms. The monoisotopic (exact) mass is 294 g/mol. The highest BCUT2D eigenvalue weighted by Gasteiger charge is 2.21. The summed E-state index contributed by atoms with van der Waals surface area (Å²) < 4.78 is 0. The van der Waals surface area contributed by atoms with Crippen LogP contribution < -0.4 is 5.32 Å². The molecule has 2 rings (SSSR count). The SMILES string of the molecule is Cc1cnc(CNc2nc(Cl)nc(C)c2[N+](=O)[O-])cn1. The average Bonchev–Trinajstić information content (AvgIpc) is 2.36. The van der Waals surface area contributed by atoms with Crippen LogP contribution in [0.25, 0.3) is 0 Å². The van der Waals surface area contributed by atoms with Crippen LogP contribution in [0.3, 0.4) is 0 Å². The molecule has 0 aliphatic heterocycles. The highest BCUT2D eigenvalue weighted by molar-refractivity contribution is 6.28. The molecule has 0 saturated heterocycles. The molecule has 1 N–H and O–H groups in total. The smallest absolute Gasteiger partial charge is 0.332 e. The van der Waals surface area contributed by atoms with E-state index in [1.807, 2.05) is 6.92 Å². The molecule has 2 heterocycles. The molecule has 0 amide bonds. The predicted molar refractivity (Wildman–Crippen MR) is 72.5 cm³/mol. The molecule has 0 aliphatic carbocycles. The number of aryl methyl sites for hydroxylation is 2. The fourth-order valence-corrected chi connectivity index (χ4v) is 1.77. The molecule has 20 heavy (non-hydrogen) atoms. The molecule has 2 aromatic heterocycles. The summed E-state index contributed by atoms with van der Waals surface area (Å²) in [4.78, 5) is 26.3. The van der Waals surface area contributed by atoms with Gasteiger partial charge in [-0.25, -0.2) is 4.98 Å². The summed E-state index contributed by atoms with van der Waals surface area (Å²) in [6, 6.07) is 0. The fraction of sp³-hybridized carbons (Fsp3) is 0.273. The maximum Gasteiger partial charge on any atom is 0.332 e. The summed E-state index contributed by atoms with van der Waals surface area (Å²) in [6.07, 6.45) is 3.20. The third kappa shape index (κ3) is 3.15. The lowest BCUT2D eigenvalue weighted by Crippen LogP contribution is -2.09. The highest BCUT2D eigenvalue weighted by atomic mass is 35.5. The van der Waals surface area contributed by atoms with Gasteiger partial charge in [-0.1, -0.05) is 0 Å². The van der Waals surface area contributed by atoms with Crippen molar-refractivity contribution in [1.82, 2.24) is 19.9 Å². The van der Waals surface area contributed by atoms with Crippen molar-refractivity contribution in [2.24, 2.45) is 0 Å². The topological polar surface area (TPSA) is 107 Å².